The van der Waals surface area contributed by atoms with Crippen molar-refractivity contribution in [1.29, 1.82) is 0 Å². The molecular formula is C13H20ClNO2. The van der Waals surface area contributed by atoms with Gasteiger partial charge in [0.1, 0.15) is 16.5 Å². The highest BCUT2D eigenvalue weighted by Crippen LogP contribution is 2.40. The number of methoxy groups -OCH3 is 2. The van der Waals surface area contributed by atoms with Crippen molar-refractivity contribution in [3.63, 3.8) is 0 Å². The first-order valence-corrected chi connectivity index (χ1v) is 6.13. The molecule has 0 fully saturated rings. The molecule has 1 aromatic rings. The van der Waals surface area contributed by atoms with Crippen molar-refractivity contribution in [2.24, 2.45) is 5.73 Å². The SMILES string of the molecule is COc1c(C)cc(CCCCN)c(OC)c1Cl. The maximum absolute atomic E-state index is 6.26. The van der Waals surface area contributed by atoms with Gasteiger partial charge in [-0.05, 0) is 49.9 Å². The summed E-state index contributed by atoms with van der Waals surface area (Å²) in [7, 11) is 3.24. The van der Waals surface area contributed by atoms with Crippen LogP contribution in [0.2, 0.25) is 5.02 Å². The van der Waals surface area contributed by atoms with Gasteiger partial charge >= 0.3 is 0 Å². The number of nitrogens with two attached hydrogens (primary N) is 1. The minimum atomic E-state index is 0.553. The first kappa shape index (κ1) is 14.1. The first-order chi connectivity index (χ1) is 8.15. The summed E-state index contributed by atoms with van der Waals surface area (Å²) in [6, 6.07) is 2.07. The Morgan fingerprint density at radius 1 is 1.18 bits per heavy atom. The minimum absolute atomic E-state index is 0.553. The first-order valence-electron chi connectivity index (χ1n) is 5.75. The molecule has 4 heteroatoms. The van der Waals surface area contributed by atoms with Crippen LogP contribution in [0, 0.1) is 6.92 Å². The van der Waals surface area contributed by atoms with Crippen LogP contribution in [0.15, 0.2) is 6.07 Å². The molecular weight excluding hydrogens is 238 g/mol. The van der Waals surface area contributed by atoms with E-state index in [-0.39, 0.29) is 0 Å². The van der Waals surface area contributed by atoms with Gasteiger partial charge in [0.25, 0.3) is 0 Å². The van der Waals surface area contributed by atoms with E-state index in [0.29, 0.717) is 23.1 Å². The third-order valence-electron chi connectivity index (χ3n) is 2.75. The van der Waals surface area contributed by atoms with Crippen LogP contribution in [0.5, 0.6) is 11.5 Å². The third kappa shape index (κ3) is 3.27. The van der Waals surface area contributed by atoms with Crippen molar-refractivity contribution in [2.75, 3.05) is 20.8 Å². The molecule has 96 valence electrons. The summed E-state index contributed by atoms with van der Waals surface area (Å²) in [5.41, 5.74) is 7.64. The topological polar surface area (TPSA) is 44.5 Å². The van der Waals surface area contributed by atoms with Crippen LogP contribution >= 0.6 is 11.6 Å². The summed E-state index contributed by atoms with van der Waals surface area (Å²) >= 11 is 6.26. The van der Waals surface area contributed by atoms with Crippen molar-refractivity contribution in [1.82, 2.24) is 0 Å². The molecule has 0 amide bonds. The predicted molar refractivity (Wildman–Crippen MR) is 71.3 cm³/mol. The van der Waals surface area contributed by atoms with Gasteiger partial charge in [-0.2, -0.15) is 0 Å². The second-order valence-corrected chi connectivity index (χ2v) is 4.36. The average molecular weight is 258 g/mol. The van der Waals surface area contributed by atoms with Crippen molar-refractivity contribution in [3.05, 3.63) is 22.2 Å². The summed E-state index contributed by atoms with van der Waals surface area (Å²) in [5.74, 6) is 1.40. The minimum Gasteiger partial charge on any atom is -0.495 e. The summed E-state index contributed by atoms with van der Waals surface area (Å²) in [6.45, 7) is 2.70. The Kier molecular flexibility index (Phi) is 5.59. The van der Waals surface area contributed by atoms with Gasteiger partial charge in [-0.1, -0.05) is 11.6 Å². The van der Waals surface area contributed by atoms with E-state index >= 15 is 0 Å². The van der Waals surface area contributed by atoms with Gasteiger partial charge in [0.15, 0.2) is 0 Å². The zero-order valence-corrected chi connectivity index (χ0v) is 11.4. The van der Waals surface area contributed by atoms with Crippen molar-refractivity contribution < 1.29 is 9.47 Å². The summed E-state index contributed by atoms with van der Waals surface area (Å²) in [5, 5.41) is 0.553. The molecule has 0 saturated heterocycles. The van der Waals surface area contributed by atoms with E-state index in [1.807, 2.05) is 6.92 Å². The number of rotatable bonds is 6. The molecule has 0 aliphatic heterocycles. The Balaban J connectivity index is 3.04. The molecule has 0 aromatic heterocycles. The molecule has 3 nitrogen and oxygen atoms in total. The number of ether oxygens (including phenoxy) is 2. The summed E-state index contributed by atoms with van der Waals surface area (Å²) < 4.78 is 10.6. The fourth-order valence-electron chi connectivity index (χ4n) is 1.93. The van der Waals surface area contributed by atoms with E-state index in [1.54, 1.807) is 14.2 Å². The Hall–Kier alpha value is -0.930. The second-order valence-electron chi connectivity index (χ2n) is 3.98. The number of hydrogen-bond acceptors (Lipinski definition) is 3. The normalized spacial score (nSPS) is 10.4. The van der Waals surface area contributed by atoms with Gasteiger partial charge in [0.05, 0.1) is 14.2 Å². The summed E-state index contributed by atoms with van der Waals surface area (Å²) in [6.07, 6.45) is 2.96. The Bertz CT molecular complexity index is 380. The molecule has 0 saturated carbocycles. The van der Waals surface area contributed by atoms with Crippen molar-refractivity contribution in [3.8, 4) is 11.5 Å². The molecule has 17 heavy (non-hydrogen) atoms. The zero-order chi connectivity index (χ0) is 12.8. The van der Waals surface area contributed by atoms with Gasteiger partial charge in [0.2, 0.25) is 0 Å². The molecule has 0 spiro atoms. The maximum atomic E-state index is 6.26. The van der Waals surface area contributed by atoms with Crippen LogP contribution in [0.25, 0.3) is 0 Å². The maximum Gasteiger partial charge on any atom is 0.144 e. The lowest BCUT2D eigenvalue weighted by atomic mass is 10.0. The molecule has 0 heterocycles. The number of aryl methyl sites for hydroxylation is 2. The lowest BCUT2D eigenvalue weighted by Gasteiger charge is -2.15. The number of hydrogen-bond donors (Lipinski definition) is 1. The predicted octanol–water partition coefficient (Wildman–Crippen LogP) is 2.95. The monoisotopic (exact) mass is 257 g/mol. The largest absolute Gasteiger partial charge is 0.495 e. The fraction of sp³-hybridized carbons (Fsp3) is 0.538. The molecule has 0 unspecified atom stereocenters. The molecule has 0 atom stereocenters. The standard InChI is InChI=1S/C13H20ClNO2/c1-9-8-10(6-4-5-7-15)13(17-3)11(14)12(9)16-2/h8H,4-7,15H2,1-3H3. The van der Waals surface area contributed by atoms with E-state index in [1.165, 1.54) is 0 Å². The molecule has 0 aliphatic rings. The van der Waals surface area contributed by atoms with Gasteiger partial charge < -0.3 is 15.2 Å². The van der Waals surface area contributed by atoms with Crippen LogP contribution in [-0.4, -0.2) is 20.8 Å². The zero-order valence-electron chi connectivity index (χ0n) is 10.7. The number of benzene rings is 1. The van der Waals surface area contributed by atoms with Crippen LogP contribution < -0.4 is 15.2 Å². The average Bonchev–Trinajstić information content (AvgIpc) is 2.30. The van der Waals surface area contributed by atoms with Crippen molar-refractivity contribution in [2.45, 2.75) is 26.2 Å². The molecule has 1 rings (SSSR count). The second kappa shape index (κ2) is 6.72. The highest BCUT2D eigenvalue weighted by atomic mass is 35.5. The molecule has 0 radical (unpaired) electrons. The molecule has 0 bridgehead atoms. The van der Waals surface area contributed by atoms with Crippen molar-refractivity contribution >= 4 is 11.6 Å². The molecule has 1 aromatic carbocycles. The third-order valence-corrected chi connectivity index (χ3v) is 3.09. The Labute approximate surface area is 108 Å². The lowest BCUT2D eigenvalue weighted by Crippen LogP contribution is -2.01. The van der Waals surface area contributed by atoms with Gasteiger partial charge in [-0.25, -0.2) is 0 Å². The summed E-state index contributed by atoms with van der Waals surface area (Å²) in [4.78, 5) is 0. The van der Waals surface area contributed by atoms with Gasteiger partial charge in [0, 0.05) is 0 Å². The van der Waals surface area contributed by atoms with E-state index in [2.05, 4.69) is 6.07 Å². The quantitative estimate of drug-likeness (QED) is 0.797. The molecule has 0 aliphatic carbocycles. The Morgan fingerprint density at radius 3 is 2.35 bits per heavy atom. The highest BCUT2D eigenvalue weighted by Gasteiger charge is 2.15. The Morgan fingerprint density at radius 2 is 1.82 bits per heavy atom. The van der Waals surface area contributed by atoms with E-state index in [9.17, 15) is 0 Å². The van der Waals surface area contributed by atoms with Crippen LogP contribution in [0.1, 0.15) is 24.0 Å². The number of unbranched alkanes of at least 4 members (excludes halogenated alkanes) is 1. The van der Waals surface area contributed by atoms with Crippen LogP contribution in [0.3, 0.4) is 0 Å². The lowest BCUT2D eigenvalue weighted by molar-refractivity contribution is 0.389. The van der Waals surface area contributed by atoms with E-state index in [0.717, 1.165) is 30.4 Å². The fourth-order valence-corrected chi connectivity index (χ4v) is 2.35. The highest BCUT2D eigenvalue weighted by molar-refractivity contribution is 6.33. The van der Waals surface area contributed by atoms with Gasteiger partial charge in [-0.15, -0.1) is 0 Å². The smallest absolute Gasteiger partial charge is 0.144 e. The van der Waals surface area contributed by atoms with Crippen LogP contribution in [-0.2, 0) is 6.42 Å². The number of halogens is 1. The molecule has 2 N–H and O–H groups in total. The van der Waals surface area contributed by atoms with Crippen LogP contribution in [0.4, 0.5) is 0 Å². The van der Waals surface area contributed by atoms with Gasteiger partial charge in [-0.3, -0.25) is 0 Å². The van der Waals surface area contributed by atoms with E-state index in [4.69, 9.17) is 26.8 Å². The van der Waals surface area contributed by atoms with E-state index < -0.39 is 0 Å².